The lowest BCUT2D eigenvalue weighted by Gasteiger charge is -2.22. The van der Waals surface area contributed by atoms with Crippen LogP contribution in [0, 0.1) is 11.8 Å². The van der Waals surface area contributed by atoms with E-state index in [2.05, 4.69) is 10.3 Å². The Hall–Kier alpha value is -2.40. The average Bonchev–Trinajstić information content (AvgIpc) is 3.38. The summed E-state index contributed by atoms with van der Waals surface area (Å²) >= 11 is 0. The molecule has 162 valence electrons. The summed E-state index contributed by atoms with van der Waals surface area (Å²) in [7, 11) is -2.07. The summed E-state index contributed by atoms with van der Waals surface area (Å²) in [4.78, 5) is 16.5. The molecule has 1 aliphatic heterocycles. The third-order valence-electron chi connectivity index (χ3n) is 5.90. The van der Waals surface area contributed by atoms with Crippen molar-refractivity contribution in [3.05, 3.63) is 47.9 Å². The molecule has 2 aromatic rings. The summed E-state index contributed by atoms with van der Waals surface area (Å²) in [6.45, 7) is 0.518. The van der Waals surface area contributed by atoms with E-state index in [9.17, 15) is 26.4 Å². The number of halogens is 3. The number of amides is 1. The van der Waals surface area contributed by atoms with E-state index < -0.39 is 33.2 Å². The second-order valence-corrected chi connectivity index (χ2v) is 9.71. The fraction of sp³-hybridized carbons (Fsp3) is 0.474. The maximum absolute atomic E-state index is 13.2. The van der Waals surface area contributed by atoms with E-state index in [4.69, 9.17) is 0 Å². The van der Waals surface area contributed by atoms with Crippen molar-refractivity contribution in [1.29, 1.82) is 0 Å². The minimum absolute atomic E-state index is 0.0373. The highest BCUT2D eigenvalue weighted by molar-refractivity contribution is 7.89. The van der Waals surface area contributed by atoms with Crippen molar-refractivity contribution in [1.82, 2.24) is 19.2 Å². The first-order valence-corrected chi connectivity index (χ1v) is 11.0. The molecular formula is C19H21F3N4O3S. The van der Waals surface area contributed by atoms with Gasteiger partial charge in [-0.15, -0.1) is 0 Å². The first kappa shape index (κ1) is 20.9. The van der Waals surface area contributed by atoms with Gasteiger partial charge >= 0.3 is 6.18 Å². The van der Waals surface area contributed by atoms with E-state index in [1.807, 2.05) is 0 Å². The van der Waals surface area contributed by atoms with E-state index in [1.54, 1.807) is 11.6 Å². The van der Waals surface area contributed by atoms with Crippen LogP contribution in [0.3, 0.4) is 0 Å². The van der Waals surface area contributed by atoms with Crippen LogP contribution in [-0.4, -0.2) is 47.3 Å². The molecular weight excluding hydrogens is 421 g/mol. The number of aryl methyl sites for hydroxylation is 1. The Bertz CT molecular complexity index is 1070. The molecule has 3 unspecified atom stereocenters. The number of hydrogen-bond acceptors (Lipinski definition) is 4. The number of sulfonamides is 1. The Morgan fingerprint density at radius 2 is 1.93 bits per heavy atom. The topological polar surface area (TPSA) is 84.3 Å². The second kappa shape index (κ2) is 7.38. The van der Waals surface area contributed by atoms with Gasteiger partial charge in [-0.25, -0.2) is 13.4 Å². The molecule has 11 heteroatoms. The number of carbonyl (C=O) groups excluding carboxylic acids is 1. The highest BCUT2D eigenvalue weighted by atomic mass is 32.2. The van der Waals surface area contributed by atoms with Gasteiger partial charge in [-0.1, -0.05) is 12.1 Å². The summed E-state index contributed by atoms with van der Waals surface area (Å²) in [6, 6.07) is 4.27. The smallest absolute Gasteiger partial charge is 0.349 e. The number of nitrogens with zero attached hydrogens (tertiary/aromatic N) is 3. The highest BCUT2D eigenvalue weighted by Gasteiger charge is 2.47. The average molecular weight is 442 g/mol. The van der Waals surface area contributed by atoms with Gasteiger partial charge in [-0.3, -0.25) is 4.79 Å². The summed E-state index contributed by atoms with van der Waals surface area (Å²) in [5.74, 6) is -0.892. The van der Waals surface area contributed by atoms with Crippen molar-refractivity contribution in [2.24, 2.45) is 18.9 Å². The Labute approximate surface area is 171 Å². The number of hydrogen-bond donors (Lipinski definition) is 1. The predicted octanol–water partition coefficient (Wildman–Crippen LogP) is 2.27. The van der Waals surface area contributed by atoms with Crippen LogP contribution < -0.4 is 5.32 Å². The molecule has 0 radical (unpaired) electrons. The Morgan fingerprint density at radius 3 is 2.60 bits per heavy atom. The SMILES string of the molecule is Cn1cnc(S(=O)(=O)N2CC3CCC(NC(=O)c4ccccc4C(F)(F)F)C3C2)c1. The molecule has 0 spiro atoms. The fourth-order valence-corrected chi connectivity index (χ4v) is 5.93. The van der Waals surface area contributed by atoms with E-state index in [-0.39, 0.29) is 29.4 Å². The van der Waals surface area contributed by atoms with Crippen molar-refractivity contribution in [2.75, 3.05) is 13.1 Å². The van der Waals surface area contributed by atoms with Gasteiger partial charge in [0.05, 0.1) is 17.5 Å². The van der Waals surface area contributed by atoms with E-state index in [0.717, 1.165) is 12.1 Å². The van der Waals surface area contributed by atoms with Gasteiger partial charge < -0.3 is 9.88 Å². The van der Waals surface area contributed by atoms with Crippen LogP contribution in [0.15, 0.2) is 41.8 Å². The summed E-state index contributed by atoms with van der Waals surface area (Å²) < 4.78 is 68.2. The Kier molecular flexibility index (Phi) is 5.13. The molecule has 1 aromatic heterocycles. The van der Waals surface area contributed by atoms with Gasteiger partial charge in [0, 0.05) is 32.4 Å². The normalized spacial score (nSPS) is 24.7. The van der Waals surface area contributed by atoms with Gasteiger partial charge in [0.15, 0.2) is 5.03 Å². The molecule has 0 bridgehead atoms. The standard InChI is InChI=1S/C19H21F3N4O3S/c1-25-10-17(23-11-25)30(28,29)26-8-12-6-7-16(14(12)9-26)24-18(27)13-4-2-3-5-15(13)19(20,21)22/h2-5,10-12,14,16H,6-9H2,1H3,(H,24,27). The number of imidazole rings is 1. The minimum Gasteiger partial charge on any atom is -0.349 e. The number of aromatic nitrogens is 2. The summed E-state index contributed by atoms with van der Waals surface area (Å²) in [5.41, 5.74) is -1.41. The third kappa shape index (κ3) is 3.71. The molecule has 3 atom stereocenters. The maximum atomic E-state index is 13.2. The lowest BCUT2D eigenvalue weighted by Crippen LogP contribution is -2.41. The molecule has 1 aromatic carbocycles. The predicted molar refractivity (Wildman–Crippen MR) is 101 cm³/mol. The van der Waals surface area contributed by atoms with Crippen molar-refractivity contribution in [3.8, 4) is 0 Å². The minimum atomic E-state index is -4.63. The maximum Gasteiger partial charge on any atom is 0.417 e. The van der Waals surface area contributed by atoms with E-state index >= 15 is 0 Å². The molecule has 2 fully saturated rings. The largest absolute Gasteiger partial charge is 0.417 e. The van der Waals surface area contributed by atoms with Gasteiger partial charge in [0.25, 0.3) is 15.9 Å². The molecule has 1 saturated carbocycles. The van der Waals surface area contributed by atoms with Crippen molar-refractivity contribution in [2.45, 2.75) is 30.1 Å². The van der Waals surface area contributed by atoms with Crippen LogP contribution in [-0.2, 0) is 23.2 Å². The lowest BCUT2D eigenvalue weighted by atomic mass is 9.97. The van der Waals surface area contributed by atoms with Crippen LogP contribution >= 0.6 is 0 Å². The van der Waals surface area contributed by atoms with Gasteiger partial charge in [-0.2, -0.15) is 17.5 Å². The quantitative estimate of drug-likeness (QED) is 0.788. The van der Waals surface area contributed by atoms with Gasteiger partial charge in [0.2, 0.25) is 0 Å². The van der Waals surface area contributed by atoms with Crippen LogP contribution in [0.2, 0.25) is 0 Å². The zero-order valence-corrected chi connectivity index (χ0v) is 16.9. The molecule has 1 amide bonds. The number of alkyl halides is 3. The number of benzene rings is 1. The third-order valence-corrected chi connectivity index (χ3v) is 7.62. The molecule has 4 rings (SSSR count). The molecule has 2 heterocycles. The highest BCUT2D eigenvalue weighted by Crippen LogP contribution is 2.40. The van der Waals surface area contributed by atoms with E-state index in [0.29, 0.717) is 19.4 Å². The first-order valence-electron chi connectivity index (χ1n) is 9.52. The van der Waals surface area contributed by atoms with Crippen molar-refractivity contribution in [3.63, 3.8) is 0 Å². The number of carbonyl (C=O) groups is 1. The van der Waals surface area contributed by atoms with Gasteiger partial charge in [-0.05, 0) is 36.8 Å². The second-order valence-electron chi connectivity index (χ2n) is 7.82. The van der Waals surface area contributed by atoms with Crippen LogP contribution in [0.5, 0.6) is 0 Å². The van der Waals surface area contributed by atoms with Crippen LogP contribution in [0.1, 0.15) is 28.8 Å². The van der Waals surface area contributed by atoms with Crippen molar-refractivity contribution < 1.29 is 26.4 Å². The Morgan fingerprint density at radius 1 is 1.20 bits per heavy atom. The lowest BCUT2D eigenvalue weighted by molar-refractivity contribution is -0.137. The molecule has 7 nitrogen and oxygen atoms in total. The fourth-order valence-electron chi connectivity index (χ4n) is 4.43. The molecule has 30 heavy (non-hydrogen) atoms. The monoisotopic (exact) mass is 442 g/mol. The zero-order chi connectivity index (χ0) is 21.7. The molecule has 1 saturated heterocycles. The van der Waals surface area contributed by atoms with Crippen LogP contribution in [0.25, 0.3) is 0 Å². The van der Waals surface area contributed by atoms with Crippen molar-refractivity contribution >= 4 is 15.9 Å². The number of nitrogens with one attached hydrogen (secondary N) is 1. The number of fused-ring (bicyclic) bond motifs is 1. The molecule has 1 N–H and O–H groups in total. The Balaban J connectivity index is 1.49. The van der Waals surface area contributed by atoms with Crippen LogP contribution in [0.4, 0.5) is 13.2 Å². The molecule has 1 aliphatic carbocycles. The number of rotatable bonds is 4. The van der Waals surface area contributed by atoms with E-state index in [1.165, 1.54) is 29.0 Å². The zero-order valence-electron chi connectivity index (χ0n) is 16.1. The summed E-state index contributed by atoms with van der Waals surface area (Å²) in [5, 5.41) is 2.68. The summed E-state index contributed by atoms with van der Waals surface area (Å²) in [6.07, 6.45) is -0.494. The first-order chi connectivity index (χ1) is 14.1. The molecule has 2 aliphatic rings. The van der Waals surface area contributed by atoms with Gasteiger partial charge in [0.1, 0.15) is 0 Å².